The van der Waals surface area contributed by atoms with Crippen molar-refractivity contribution in [2.45, 2.75) is 58.3 Å². The normalized spacial score (nSPS) is 20.1. The predicted molar refractivity (Wildman–Crippen MR) is 115 cm³/mol. The van der Waals surface area contributed by atoms with Crippen molar-refractivity contribution in [2.75, 3.05) is 32.5 Å². The molecule has 2 amide bonds. The van der Waals surface area contributed by atoms with Crippen molar-refractivity contribution in [1.29, 1.82) is 0 Å². The Kier molecular flexibility index (Phi) is 8.05. The van der Waals surface area contributed by atoms with Gasteiger partial charge < -0.3 is 15.5 Å². The molecule has 0 radical (unpaired) electrons. The molecule has 0 aliphatic heterocycles. The summed E-state index contributed by atoms with van der Waals surface area (Å²) in [6.07, 6.45) is 4.10. The summed E-state index contributed by atoms with van der Waals surface area (Å²) in [5.74, 6) is 0.272. The molecule has 0 atom stereocenters. The summed E-state index contributed by atoms with van der Waals surface area (Å²) in [5.41, 5.74) is 2.03. The highest BCUT2D eigenvalue weighted by Gasteiger charge is 2.30. The van der Waals surface area contributed by atoms with Crippen LogP contribution < -0.4 is 10.6 Å². The molecule has 0 saturated heterocycles. The van der Waals surface area contributed by atoms with E-state index in [0.29, 0.717) is 0 Å². The van der Waals surface area contributed by atoms with E-state index in [9.17, 15) is 9.59 Å². The molecule has 5 heteroatoms. The number of para-hydroxylation sites is 1. The topological polar surface area (TPSA) is 61.4 Å². The lowest BCUT2D eigenvalue weighted by molar-refractivity contribution is -0.128. The molecule has 0 spiro atoms. The van der Waals surface area contributed by atoms with Crippen molar-refractivity contribution < 1.29 is 9.59 Å². The maximum absolute atomic E-state index is 12.8. The van der Waals surface area contributed by atoms with E-state index < -0.39 is 0 Å². The first-order valence-corrected chi connectivity index (χ1v) is 10.5. The van der Waals surface area contributed by atoms with Gasteiger partial charge in [0.1, 0.15) is 0 Å². The van der Waals surface area contributed by atoms with E-state index in [1.165, 1.54) is 0 Å². The first-order chi connectivity index (χ1) is 13.2. The highest BCUT2D eigenvalue weighted by molar-refractivity contribution is 5.93. The SMILES string of the molecule is CN(C)CCCNC(=O)C1CCC(C(=O)Nc2ccccc2C(C)(C)C)CC1. The van der Waals surface area contributed by atoms with Gasteiger partial charge in [0.25, 0.3) is 0 Å². The van der Waals surface area contributed by atoms with Gasteiger partial charge in [0.2, 0.25) is 11.8 Å². The van der Waals surface area contributed by atoms with Crippen LogP contribution in [0.3, 0.4) is 0 Å². The molecule has 1 aromatic carbocycles. The zero-order valence-electron chi connectivity index (χ0n) is 18.2. The average molecular weight is 388 g/mol. The number of hydrogen-bond donors (Lipinski definition) is 2. The third-order valence-electron chi connectivity index (χ3n) is 5.54. The van der Waals surface area contributed by atoms with Crippen LogP contribution in [0.15, 0.2) is 24.3 Å². The second-order valence-electron chi connectivity index (χ2n) is 9.28. The van der Waals surface area contributed by atoms with E-state index in [0.717, 1.165) is 56.4 Å². The van der Waals surface area contributed by atoms with E-state index in [2.05, 4.69) is 42.4 Å². The van der Waals surface area contributed by atoms with Gasteiger partial charge >= 0.3 is 0 Å². The molecule has 156 valence electrons. The maximum Gasteiger partial charge on any atom is 0.227 e. The van der Waals surface area contributed by atoms with Crippen LogP contribution in [0.2, 0.25) is 0 Å². The summed E-state index contributed by atoms with van der Waals surface area (Å²) in [5, 5.41) is 6.19. The Bertz CT molecular complexity index is 656. The summed E-state index contributed by atoms with van der Waals surface area (Å²) in [6.45, 7) is 8.16. The standard InChI is InChI=1S/C23H37N3O2/c1-23(2,3)19-9-6-7-10-20(19)25-22(28)18-13-11-17(12-14-18)21(27)24-15-8-16-26(4)5/h6-7,9-10,17-18H,8,11-16H2,1-5H3,(H,24,27)(H,25,28). The molecule has 0 heterocycles. The van der Waals surface area contributed by atoms with E-state index in [1.807, 2.05) is 32.3 Å². The maximum atomic E-state index is 12.8. The van der Waals surface area contributed by atoms with E-state index >= 15 is 0 Å². The van der Waals surface area contributed by atoms with Gasteiger partial charge in [-0.3, -0.25) is 9.59 Å². The van der Waals surface area contributed by atoms with Gasteiger partial charge in [-0.25, -0.2) is 0 Å². The second kappa shape index (κ2) is 10.1. The molecule has 1 saturated carbocycles. The summed E-state index contributed by atoms with van der Waals surface area (Å²) in [7, 11) is 4.07. The van der Waals surface area contributed by atoms with Gasteiger partial charge in [0.15, 0.2) is 0 Å². The first kappa shape index (κ1) is 22.4. The first-order valence-electron chi connectivity index (χ1n) is 10.5. The summed E-state index contributed by atoms with van der Waals surface area (Å²) in [6, 6.07) is 8.03. The fourth-order valence-electron chi connectivity index (χ4n) is 3.85. The van der Waals surface area contributed by atoms with Crippen molar-refractivity contribution in [3.63, 3.8) is 0 Å². The van der Waals surface area contributed by atoms with Crippen molar-refractivity contribution in [1.82, 2.24) is 10.2 Å². The van der Waals surface area contributed by atoms with Crippen LogP contribution in [-0.2, 0) is 15.0 Å². The van der Waals surface area contributed by atoms with Gasteiger partial charge in [-0.15, -0.1) is 0 Å². The Labute approximate surface area is 170 Å². The smallest absolute Gasteiger partial charge is 0.227 e. The van der Waals surface area contributed by atoms with Crippen molar-refractivity contribution in [3.8, 4) is 0 Å². The van der Waals surface area contributed by atoms with Crippen LogP contribution in [0.4, 0.5) is 5.69 Å². The molecular weight excluding hydrogens is 350 g/mol. The second-order valence-corrected chi connectivity index (χ2v) is 9.28. The van der Waals surface area contributed by atoms with Gasteiger partial charge in [-0.1, -0.05) is 39.0 Å². The third-order valence-corrected chi connectivity index (χ3v) is 5.54. The molecule has 2 N–H and O–H groups in total. The number of benzene rings is 1. The highest BCUT2D eigenvalue weighted by atomic mass is 16.2. The minimum absolute atomic E-state index is 0.00850. The number of anilines is 1. The minimum Gasteiger partial charge on any atom is -0.356 e. The van der Waals surface area contributed by atoms with E-state index in [1.54, 1.807) is 0 Å². The minimum atomic E-state index is -0.0216. The van der Waals surface area contributed by atoms with Crippen molar-refractivity contribution >= 4 is 17.5 Å². The van der Waals surface area contributed by atoms with Crippen LogP contribution in [-0.4, -0.2) is 43.9 Å². The number of rotatable bonds is 7. The monoisotopic (exact) mass is 387 g/mol. The van der Waals surface area contributed by atoms with Crippen molar-refractivity contribution in [3.05, 3.63) is 29.8 Å². The van der Waals surface area contributed by atoms with Crippen LogP contribution in [0.25, 0.3) is 0 Å². The molecule has 5 nitrogen and oxygen atoms in total. The molecule has 0 aromatic heterocycles. The number of hydrogen-bond acceptors (Lipinski definition) is 3. The van der Waals surface area contributed by atoms with Crippen LogP contribution in [0.5, 0.6) is 0 Å². The average Bonchev–Trinajstić information content (AvgIpc) is 2.64. The van der Waals surface area contributed by atoms with Crippen molar-refractivity contribution in [2.24, 2.45) is 11.8 Å². The number of amides is 2. The quantitative estimate of drug-likeness (QED) is 0.700. The Morgan fingerprint density at radius 1 is 1.00 bits per heavy atom. The Hall–Kier alpha value is -1.88. The lowest BCUT2D eigenvalue weighted by atomic mass is 9.80. The molecule has 0 bridgehead atoms. The van der Waals surface area contributed by atoms with Gasteiger partial charge in [0, 0.05) is 24.1 Å². The van der Waals surface area contributed by atoms with Crippen LogP contribution in [0.1, 0.15) is 58.4 Å². The zero-order chi connectivity index (χ0) is 20.7. The number of carbonyl (C=O) groups excluding carboxylic acids is 2. The fraction of sp³-hybridized carbons (Fsp3) is 0.652. The molecule has 1 fully saturated rings. The molecule has 0 unspecified atom stereocenters. The Balaban J connectivity index is 1.82. The van der Waals surface area contributed by atoms with Crippen LogP contribution >= 0.6 is 0 Å². The predicted octanol–water partition coefficient (Wildman–Crippen LogP) is 3.80. The third kappa shape index (κ3) is 6.62. The lowest BCUT2D eigenvalue weighted by Crippen LogP contribution is -2.36. The van der Waals surface area contributed by atoms with E-state index in [-0.39, 0.29) is 29.1 Å². The summed E-state index contributed by atoms with van der Waals surface area (Å²) in [4.78, 5) is 27.2. The van der Waals surface area contributed by atoms with Gasteiger partial charge in [0.05, 0.1) is 0 Å². The van der Waals surface area contributed by atoms with Gasteiger partial charge in [-0.2, -0.15) is 0 Å². The zero-order valence-corrected chi connectivity index (χ0v) is 18.2. The van der Waals surface area contributed by atoms with Crippen LogP contribution in [0, 0.1) is 11.8 Å². The molecule has 1 aliphatic rings. The number of nitrogens with zero attached hydrogens (tertiary/aromatic N) is 1. The van der Waals surface area contributed by atoms with E-state index in [4.69, 9.17) is 0 Å². The Morgan fingerprint density at radius 3 is 2.14 bits per heavy atom. The largest absolute Gasteiger partial charge is 0.356 e. The van der Waals surface area contributed by atoms with Gasteiger partial charge in [-0.05, 0) is 69.8 Å². The molecule has 1 aliphatic carbocycles. The number of nitrogens with one attached hydrogen (secondary N) is 2. The molecular formula is C23H37N3O2. The summed E-state index contributed by atoms with van der Waals surface area (Å²) < 4.78 is 0. The molecule has 1 aromatic rings. The molecule has 2 rings (SSSR count). The fourth-order valence-corrected chi connectivity index (χ4v) is 3.85. The Morgan fingerprint density at radius 2 is 1.57 bits per heavy atom. The summed E-state index contributed by atoms with van der Waals surface area (Å²) >= 11 is 0. The lowest BCUT2D eigenvalue weighted by Gasteiger charge is -2.28. The highest BCUT2D eigenvalue weighted by Crippen LogP contribution is 2.32. The molecule has 28 heavy (non-hydrogen) atoms. The number of carbonyl (C=O) groups is 2.